The number of para-hydroxylation sites is 1. The minimum atomic E-state index is -0.842. The van der Waals surface area contributed by atoms with E-state index in [-0.39, 0.29) is 18.4 Å². The Bertz CT molecular complexity index is 725. The van der Waals surface area contributed by atoms with Crippen LogP contribution in [0.4, 0.5) is 14.5 Å². The van der Waals surface area contributed by atoms with Gasteiger partial charge in [-0.3, -0.25) is 4.79 Å². The molecule has 2 aromatic rings. The molecule has 1 heterocycles. The molecule has 0 bridgehead atoms. The van der Waals surface area contributed by atoms with Crippen molar-refractivity contribution in [1.82, 2.24) is 5.32 Å². The van der Waals surface area contributed by atoms with Gasteiger partial charge in [-0.1, -0.05) is 18.2 Å². The van der Waals surface area contributed by atoms with Crippen molar-refractivity contribution in [3.8, 4) is 5.75 Å². The van der Waals surface area contributed by atoms with Crippen molar-refractivity contribution in [3.05, 3.63) is 60.2 Å². The van der Waals surface area contributed by atoms with Crippen molar-refractivity contribution in [2.45, 2.75) is 6.42 Å². The second-order valence-electron chi connectivity index (χ2n) is 6.10. The van der Waals surface area contributed by atoms with Crippen LogP contribution >= 0.6 is 0 Å². The highest BCUT2D eigenvalue weighted by molar-refractivity contribution is 5.77. The molecule has 1 fully saturated rings. The van der Waals surface area contributed by atoms with Gasteiger partial charge in [-0.05, 0) is 36.6 Å². The Morgan fingerprint density at radius 2 is 1.96 bits per heavy atom. The molecule has 132 valence electrons. The number of hydrogen-bond acceptors (Lipinski definition) is 3. The van der Waals surface area contributed by atoms with Gasteiger partial charge in [0, 0.05) is 31.4 Å². The normalized spacial score (nSPS) is 16.7. The summed E-state index contributed by atoms with van der Waals surface area (Å²) in [6.45, 7) is 1.97. The van der Waals surface area contributed by atoms with Crippen LogP contribution in [-0.2, 0) is 4.79 Å². The zero-order chi connectivity index (χ0) is 17.6. The Morgan fingerprint density at radius 3 is 2.72 bits per heavy atom. The summed E-state index contributed by atoms with van der Waals surface area (Å²) in [5, 5.41) is 2.86. The number of halogens is 2. The summed E-state index contributed by atoms with van der Waals surface area (Å²) < 4.78 is 31.7. The number of ether oxygens (including phenoxy) is 1. The fourth-order valence-corrected chi connectivity index (χ4v) is 2.89. The van der Waals surface area contributed by atoms with Crippen LogP contribution in [-0.4, -0.2) is 32.1 Å². The molecular formula is C19H20F2N2O2. The maximum Gasteiger partial charge on any atom is 0.257 e. The summed E-state index contributed by atoms with van der Waals surface area (Å²) in [5.41, 5.74) is 0.667. The lowest BCUT2D eigenvalue weighted by Crippen LogP contribution is -2.34. The largest absolute Gasteiger partial charge is 0.484 e. The predicted octanol–water partition coefficient (Wildman–Crippen LogP) is 2.99. The first-order chi connectivity index (χ1) is 12.1. The van der Waals surface area contributed by atoms with Gasteiger partial charge in [0.2, 0.25) is 0 Å². The minimum Gasteiger partial charge on any atom is -0.484 e. The number of carbonyl (C=O) groups excluding carboxylic acids is 1. The number of benzene rings is 2. The molecule has 1 saturated heterocycles. The maximum atomic E-state index is 13.3. The van der Waals surface area contributed by atoms with Crippen LogP contribution in [0, 0.1) is 17.6 Å². The first-order valence-corrected chi connectivity index (χ1v) is 8.26. The summed E-state index contributed by atoms with van der Waals surface area (Å²) in [6, 6.07) is 13.1. The van der Waals surface area contributed by atoms with E-state index in [0.29, 0.717) is 24.5 Å². The van der Waals surface area contributed by atoms with E-state index in [2.05, 4.69) is 5.32 Å². The molecule has 1 amide bonds. The summed E-state index contributed by atoms with van der Waals surface area (Å²) in [5.74, 6) is -0.926. The monoisotopic (exact) mass is 346 g/mol. The molecule has 0 unspecified atom stereocenters. The molecule has 1 aliphatic heterocycles. The highest BCUT2D eigenvalue weighted by Crippen LogP contribution is 2.25. The van der Waals surface area contributed by atoms with Gasteiger partial charge in [0.25, 0.3) is 5.91 Å². The van der Waals surface area contributed by atoms with Crippen LogP contribution in [0.2, 0.25) is 0 Å². The molecule has 4 nitrogen and oxygen atoms in total. The van der Waals surface area contributed by atoms with E-state index in [9.17, 15) is 13.6 Å². The maximum absolute atomic E-state index is 13.3. The predicted molar refractivity (Wildman–Crippen MR) is 91.6 cm³/mol. The average molecular weight is 346 g/mol. The van der Waals surface area contributed by atoms with E-state index in [1.54, 1.807) is 18.2 Å². The highest BCUT2D eigenvalue weighted by atomic mass is 19.2. The number of hydrogen-bond donors (Lipinski definition) is 1. The fourth-order valence-electron chi connectivity index (χ4n) is 2.89. The molecule has 6 heteroatoms. The van der Waals surface area contributed by atoms with Gasteiger partial charge in [0.15, 0.2) is 18.2 Å². The molecule has 1 atom stereocenters. The van der Waals surface area contributed by atoms with Crippen molar-refractivity contribution in [2.75, 3.05) is 31.1 Å². The molecular weight excluding hydrogens is 326 g/mol. The Labute approximate surface area is 145 Å². The van der Waals surface area contributed by atoms with Gasteiger partial charge in [-0.2, -0.15) is 0 Å². The van der Waals surface area contributed by atoms with E-state index in [1.807, 2.05) is 23.1 Å². The SMILES string of the molecule is O=C(COc1ccccc1)NC[C@@H]1CCN(c2ccc(F)c(F)c2)C1. The first-order valence-electron chi connectivity index (χ1n) is 8.26. The third kappa shape index (κ3) is 4.68. The summed E-state index contributed by atoms with van der Waals surface area (Å²) in [6.07, 6.45) is 0.888. The first kappa shape index (κ1) is 17.2. The molecule has 0 radical (unpaired) electrons. The van der Waals surface area contributed by atoms with Gasteiger partial charge in [0.1, 0.15) is 5.75 Å². The van der Waals surface area contributed by atoms with E-state index in [4.69, 9.17) is 4.74 Å². The standard InChI is InChI=1S/C19H20F2N2O2/c20-17-7-6-15(10-18(17)21)23-9-8-14(12-23)11-22-19(24)13-25-16-4-2-1-3-5-16/h1-7,10,14H,8-9,11-13H2,(H,22,24)/t14-/m0/s1. The van der Waals surface area contributed by atoms with E-state index in [0.717, 1.165) is 19.0 Å². The minimum absolute atomic E-state index is 0.0242. The molecule has 25 heavy (non-hydrogen) atoms. The summed E-state index contributed by atoms with van der Waals surface area (Å²) >= 11 is 0. The summed E-state index contributed by atoms with van der Waals surface area (Å²) in [4.78, 5) is 13.9. The molecule has 0 saturated carbocycles. The molecule has 1 N–H and O–H groups in total. The van der Waals surface area contributed by atoms with Gasteiger partial charge < -0.3 is 15.0 Å². The number of nitrogens with one attached hydrogen (secondary N) is 1. The lowest BCUT2D eigenvalue weighted by Gasteiger charge is -2.19. The second kappa shape index (κ2) is 7.96. The van der Waals surface area contributed by atoms with Crippen LogP contribution in [0.25, 0.3) is 0 Å². The quantitative estimate of drug-likeness (QED) is 0.874. The molecule has 3 rings (SSSR count). The van der Waals surface area contributed by atoms with Gasteiger partial charge in [0.05, 0.1) is 0 Å². The number of carbonyl (C=O) groups is 1. The van der Waals surface area contributed by atoms with Crippen molar-refractivity contribution in [1.29, 1.82) is 0 Å². The highest BCUT2D eigenvalue weighted by Gasteiger charge is 2.23. The Morgan fingerprint density at radius 1 is 1.16 bits per heavy atom. The molecule has 0 aliphatic carbocycles. The zero-order valence-electron chi connectivity index (χ0n) is 13.8. The van der Waals surface area contributed by atoms with E-state index in [1.165, 1.54) is 6.07 Å². The van der Waals surface area contributed by atoms with Crippen molar-refractivity contribution >= 4 is 11.6 Å². The van der Waals surface area contributed by atoms with Crippen LogP contribution in [0.5, 0.6) is 5.75 Å². The Balaban J connectivity index is 1.42. The Hall–Kier alpha value is -2.63. The lowest BCUT2D eigenvalue weighted by molar-refractivity contribution is -0.123. The van der Waals surface area contributed by atoms with Crippen molar-refractivity contribution < 1.29 is 18.3 Å². The van der Waals surface area contributed by atoms with E-state index >= 15 is 0 Å². The van der Waals surface area contributed by atoms with Gasteiger partial charge in [-0.15, -0.1) is 0 Å². The van der Waals surface area contributed by atoms with Crippen LogP contribution in [0.1, 0.15) is 6.42 Å². The third-order valence-electron chi connectivity index (χ3n) is 4.26. The number of anilines is 1. The lowest BCUT2D eigenvalue weighted by atomic mass is 10.1. The number of amides is 1. The summed E-state index contributed by atoms with van der Waals surface area (Å²) in [7, 11) is 0. The fraction of sp³-hybridized carbons (Fsp3) is 0.316. The van der Waals surface area contributed by atoms with Crippen LogP contribution in [0.3, 0.4) is 0 Å². The molecule has 0 spiro atoms. The topological polar surface area (TPSA) is 41.6 Å². The smallest absolute Gasteiger partial charge is 0.257 e. The zero-order valence-corrected chi connectivity index (χ0v) is 13.8. The Kier molecular flexibility index (Phi) is 5.48. The number of rotatable bonds is 6. The van der Waals surface area contributed by atoms with Crippen LogP contribution < -0.4 is 15.0 Å². The van der Waals surface area contributed by atoms with E-state index < -0.39 is 11.6 Å². The second-order valence-corrected chi connectivity index (χ2v) is 6.10. The van der Waals surface area contributed by atoms with Crippen molar-refractivity contribution in [3.63, 3.8) is 0 Å². The number of nitrogens with zero attached hydrogens (tertiary/aromatic N) is 1. The molecule has 2 aromatic carbocycles. The van der Waals surface area contributed by atoms with Crippen LogP contribution in [0.15, 0.2) is 48.5 Å². The van der Waals surface area contributed by atoms with Gasteiger partial charge >= 0.3 is 0 Å². The molecule has 1 aliphatic rings. The van der Waals surface area contributed by atoms with Crippen molar-refractivity contribution in [2.24, 2.45) is 5.92 Å². The van der Waals surface area contributed by atoms with Gasteiger partial charge in [-0.25, -0.2) is 8.78 Å². The molecule has 0 aromatic heterocycles. The average Bonchev–Trinajstić information content (AvgIpc) is 3.10. The third-order valence-corrected chi connectivity index (χ3v) is 4.26.